The summed E-state index contributed by atoms with van der Waals surface area (Å²) in [5, 5.41) is 0.504. The molecule has 0 spiro atoms. The van der Waals surface area contributed by atoms with Crippen molar-refractivity contribution in [3.05, 3.63) is 52.6 Å². The Morgan fingerprint density at radius 2 is 2.24 bits per heavy atom. The van der Waals surface area contributed by atoms with Gasteiger partial charge < -0.3 is 4.57 Å². The van der Waals surface area contributed by atoms with E-state index in [2.05, 4.69) is 4.98 Å². The van der Waals surface area contributed by atoms with E-state index in [0.717, 1.165) is 11.4 Å². The van der Waals surface area contributed by atoms with Gasteiger partial charge in [0.2, 0.25) is 0 Å². The van der Waals surface area contributed by atoms with E-state index in [9.17, 15) is 4.79 Å². The molecule has 0 fully saturated rings. The minimum atomic E-state index is -0.00991. The zero-order chi connectivity index (χ0) is 12.4. The van der Waals surface area contributed by atoms with Crippen molar-refractivity contribution in [2.24, 2.45) is 7.05 Å². The zero-order valence-electron chi connectivity index (χ0n) is 9.77. The van der Waals surface area contributed by atoms with Crippen LogP contribution < -0.4 is 0 Å². The second-order valence-electron chi connectivity index (χ2n) is 4.04. The second-order valence-corrected chi connectivity index (χ2v) is 4.44. The number of carbonyl (C=O) groups is 1. The number of ketones is 1. The first-order valence-corrected chi connectivity index (χ1v) is 5.71. The van der Waals surface area contributed by atoms with Crippen molar-refractivity contribution in [1.29, 1.82) is 0 Å². The Morgan fingerprint density at radius 3 is 2.82 bits per heavy atom. The molecule has 17 heavy (non-hydrogen) atoms. The summed E-state index contributed by atoms with van der Waals surface area (Å²) in [6.45, 7) is 1.94. The van der Waals surface area contributed by atoms with E-state index in [-0.39, 0.29) is 12.2 Å². The molecule has 0 unspecified atom stereocenters. The quantitative estimate of drug-likeness (QED) is 0.783. The van der Waals surface area contributed by atoms with Gasteiger partial charge in [-0.1, -0.05) is 17.7 Å². The van der Waals surface area contributed by atoms with Crippen LogP contribution in [-0.2, 0) is 13.5 Å². The molecule has 4 heteroatoms. The Bertz CT molecular complexity index is 560. The average Bonchev–Trinajstić information content (AvgIpc) is 2.64. The van der Waals surface area contributed by atoms with Crippen molar-refractivity contribution in [3.63, 3.8) is 0 Å². The third-order valence-corrected chi connectivity index (χ3v) is 2.98. The van der Waals surface area contributed by atoms with Crippen LogP contribution in [-0.4, -0.2) is 15.3 Å². The Morgan fingerprint density at radius 1 is 1.47 bits per heavy atom. The van der Waals surface area contributed by atoms with Gasteiger partial charge in [0, 0.05) is 25.0 Å². The first-order valence-electron chi connectivity index (χ1n) is 5.33. The number of benzene rings is 1. The SMILES string of the molecule is Cc1ccc(C(=O)Cc2nccn2C)c(Cl)c1. The summed E-state index contributed by atoms with van der Waals surface area (Å²) in [7, 11) is 1.87. The van der Waals surface area contributed by atoms with Crippen LogP contribution in [0.2, 0.25) is 5.02 Å². The number of halogens is 1. The highest BCUT2D eigenvalue weighted by atomic mass is 35.5. The van der Waals surface area contributed by atoms with Gasteiger partial charge in [0.15, 0.2) is 5.78 Å². The molecule has 3 nitrogen and oxygen atoms in total. The number of aromatic nitrogens is 2. The molecule has 0 atom stereocenters. The molecule has 0 amide bonds. The number of nitrogens with zero attached hydrogens (tertiary/aromatic N) is 2. The van der Waals surface area contributed by atoms with Gasteiger partial charge >= 0.3 is 0 Å². The molecule has 0 bridgehead atoms. The van der Waals surface area contributed by atoms with Crippen molar-refractivity contribution in [1.82, 2.24) is 9.55 Å². The minimum Gasteiger partial charge on any atom is -0.338 e. The fraction of sp³-hybridized carbons (Fsp3) is 0.231. The van der Waals surface area contributed by atoms with Crippen LogP contribution in [0.3, 0.4) is 0 Å². The minimum absolute atomic E-state index is 0.00991. The van der Waals surface area contributed by atoms with Gasteiger partial charge in [-0.3, -0.25) is 4.79 Å². The highest BCUT2D eigenvalue weighted by Crippen LogP contribution is 2.19. The van der Waals surface area contributed by atoms with E-state index in [0.29, 0.717) is 10.6 Å². The van der Waals surface area contributed by atoms with Gasteiger partial charge in [-0.15, -0.1) is 0 Å². The lowest BCUT2D eigenvalue weighted by Crippen LogP contribution is -2.08. The monoisotopic (exact) mass is 248 g/mol. The highest BCUT2D eigenvalue weighted by molar-refractivity contribution is 6.34. The molecule has 1 heterocycles. The van der Waals surface area contributed by atoms with Gasteiger partial charge in [-0.25, -0.2) is 4.98 Å². The van der Waals surface area contributed by atoms with Crippen molar-refractivity contribution in [2.75, 3.05) is 0 Å². The summed E-state index contributed by atoms with van der Waals surface area (Å²) in [5.41, 5.74) is 1.60. The molecule has 2 aromatic rings. The number of hydrogen-bond donors (Lipinski definition) is 0. The summed E-state index contributed by atoms with van der Waals surface area (Å²) >= 11 is 6.06. The Balaban J connectivity index is 2.23. The highest BCUT2D eigenvalue weighted by Gasteiger charge is 2.13. The summed E-state index contributed by atoms with van der Waals surface area (Å²) in [6, 6.07) is 5.45. The number of Topliss-reactive ketones (excluding diaryl/α,β-unsaturated/α-hetero) is 1. The normalized spacial score (nSPS) is 10.5. The van der Waals surface area contributed by atoms with Crippen LogP contribution in [0, 0.1) is 6.92 Å². The summed E-state index contributed by atoms with van der Waals surface area (Å²) < 4.78 is 1.83. The number of rotatable bonds is 3. The third kappa shape index (κ3) is 2.56. The smallest absolute Gasteiger partial charge is 0.171 e. The third-order valence-electron chi connectivity index (χ3n) is 2.66. The molecule has 0 aliphatic heterocycles. The molecule has 2 rings (SSSR count). The van der Waals surface area contributed by atoms with Gasteiger partial charge in [0.25, 0.3) is 0 Å². The predicted octanol–water partition coefficient (Wildman–Crippen LogP) is 2.81. The summed E-state index contributed by atoms with van der Waals surface area (Å²) in [6.07, 6.45) is 3.77. The van der Waals surface area contributed by atoms with Crippen LogP contribution in [0.1, 0.15) is 21.7 Å². The molecule has 88 valence electrons. The lowest BCUT2D eigenvalue weighted by molar-refractivity contribution is 0.0990. The van der Waals surface area contributed by atoms with Crippen LogP contribution in [0.4, 0.5) is 0 Å². The fourth-order valence-corrected chi connectivity index (χ4v) is 1.99. The zero-order valence-corrected chi connectivity index (χ0v) is 10.5. The van der Waals surface area contributed by atoms with Crippen molar-refractivity contribution in [2.45, 2.75) is 13.3 Å². The Kier molecular flexibility index (Phi) is 3.29. The number of carbonyl (C=O) groups excluding carboxylic acids is 1. The first-order chi connectivity index (χ1) is 8.08. The summed E-state index contributed by atoms with van der Waals surface area (Å²) in [5.74, 6) is 0.732. The lowest BCUT2D eigenvalue weighted by atomic mass is 10.1. The first kappa shape index (κ1) is 11.9. The van der Waals surface area contributed by atoms with E-state index in [1.54, 1.807) is 18.3 Å². The maximum absolute atomic E-state index is 12.1. The molecule has 0 saturated carbocycles. The largest absolute Gasteiger partial charge is 0.338 e. The van der Waals surface area contributed by atoms with Crippen molar-refractivity contribution < 1.29 is 4.79 Å². The molecule has 0 N–H and O–H groups in total. The molecule has 0 radical (unpaired) electrons. The predicted molar refractivity (Wildman–Crippen MR) is 67.4 cm³/mol. The van der Waals surface area contributed by atoms with Gasteiger partial charge in [-0.2, -0.15) is 0 Å². The van der Waals surface area contributed by atoms with Crippen LogP contribution >= 0.6 is 11.6 Å². The van der Waals surface area contributed by atoms with Crippen LogP contribution in [0.15, 0.2) is 30.6 Å². The second kappa shape index (κ2) is 4.72. The molecule has 1 aromatic carbocycles. The number of imidazole rings is 1. The molecule has 0 aliphatic rings. The number of hydrogen-bond acceptors (Lipinski definition) is 2. The maximum atomic E-state index is 12.1. The van der Waals surface area contributed by atoms with Gasteiger partial charge in [0.05, 0.1) is 11.4 Å². The molecule has 0 saturated heterocycles. The van der Waals surface area contributed by atoms with E-state index in [1.165, 1.54) is 0 Å². The summed E-state index contributed by atoms with van der Waals surface area (Å²) in [4.78, 5) is 16.2. The van der Waals surface area contributed by atoms with E-state index in [4.69, 9.17) is 11.6 Å². The van der Waals surface area contributed by atoms with Crippen molar-refractivity contribution in [3.8, 4) is 0 Å². The van der Waals surface area contributed by atoms with Crippen molar-refractivity contribution >= 4 is 17.4 Å². The van der Waals surface area contributed by atoms with Crippen LogP contribution in [0.25, 0.3) is 0 Å². The van der Waals surface area contributed by atoms with E-state index in [1.807, 2.05) is 30.8 Å². The Hall–Kier alpha value is -1.61. The topological polar surface area (TPSA) is 34.9 Å². The maximum Gasteiger partial charge on any atom is 0.171 e. The lowest BCUT2D eigenvalue weighted by Gasteiger charge is -2.04. The van der Waals surface area contributed by atoms with Gasteiger partial charge in [-0.05, 0) is 24.6 Å². The molecular formula is C13H13ClN2O. The fourth-order valence-electron chi connectivity index (χ4n) is 1.65. The van der Waals surface area contributed by atoms with Crippen LogP contribution in [0.5, 0.6) is 0 Å². The standard InChI is InChI=1S/C13H13ClN2O/c1-9-3-4-10(11(14)7-9)12(17)8-13-15-5-6-16(13)2/h3-7H,8H2,1-2H3. The van der Waals surface area contributed by atoms with E-state index < -0.39 is 0 Å². The van der Waals surface area contributed by atoms with E-state index >= 15 is 0 Å². The Labute approximate surface area is 105 Å². The molecule has 1 aromatic heterocycles. The molecule has 0 aliphatic carbocycles. The average molecular weight is 249 g/mol. The molecular weight excluding hydrogens is 236 g/mol. The number of aryl methyl sites for hydroxylation is 2. The van der Waals surface area contributed by atoms with Gasteiger partial charge in [0.1, 0.15) is 5.82 Å².